The molecule has 3 heterocycles. The van der Waals surface area contributed by atoms with Gasteiger partial charge >= 0.3 is 0 Å². The second-order valence-electron chi connectivity index (χ2n) is 8.69. The van der Waals surface area contributed by atoms with Crippen LogP contribution in [-0.2, 0) is 0 Å². The number of ketones is 1. The predicted octanol–water partition coefficient (Wildman–Crippen LogP) is 5.26. The van der Waals surface area contributed by atoms with Crippen molar-refractivity contribution in [2.75, 3.05) is 34.5 Å². The number of allylic oxidation sites excluding steroid dienone is 1. The standard InChI is InChI=1S/C29H25N3O6/c1-34-25-11-16(12-26(35-2)28(25)36-3)27(33)19(10-17-15-30-20-7-5-4-6-18(17)20)29-31-21-13-23-24(14-22(21)32-29)38-9-8-37-23/h4-7,10-15,30H,8-9H2,1-3H3,(H,31,32). The third-order valence-electron chi connectivity index (χ3n) is 6.49. The highest BCUT2D eigenvalue weighted by Crippen LogP contribution is 2.40. The summed E-state index contributed by atoms with van der Waals surface area (Å²) in [6.07, 6.45) is 3.70. The van der Waals surface area contributed by atoms with E-state index in [0.717, 1.165) is 22.0 Å². The summed E-state index contributed by atoms with van der Waals surface area (Å²) in [6.45, 7) is 0.950. The maximum Gasteiger partial charge on any atom is 0.203 e. The summed E-state index contributed by atoms with van der Waals surface area (Å²) in [4.78, 5) is 25.5. The molecule has 0 fully saturated rings. The molecule has 0 amide bonds. The predicted molar refractivity (Wildman–Crippen MR) is 144 cm³/mol. The fraction of sp³-hybridized carbons (Fsp3) is 0.172. The van der Waals surface area contributed by atoms with Crippen molar-refractivity contribution in [3.05, 3.63) is 71.7 Å². The Bertz CT molecular complexity index is 1650. The van der Waals surface area contributed by atoms with Crippen molar-refractivity contribution in [1.82, 2.24) is 15.0 Å². The Morgan fingerprint density at radius 1 is 0.921 bits per heavy atom. The number of hydrogen-bond donors (Lipinski definition) is 2. The molecule has 6 rings (SSSR count). The van der Waals surface area contributed by atoms with Crippen molar-refractivity contribution in [3.8, 4) is 28.7 Å². The lowest BCUT2D eigenvalue weighted by molar-refractivity contribution is 0.105. The molecular formula is C29H25N3O6. The fourth-order valence-corrected chi connectivity index (χ4v) is 4.65. The van der Waals surface area contributed by atoms with Crippen molar-refractivity contribution in [2.45, 2.75) is 0 Å². The second-order valence-corrected chi connectivity index (χ2v) is 8.69. The topological polar surface area (TPSA) is 108 Å². The lowest BCUT2D eigenvalue weighted by Crippen LogP contribution is -2.15. The molecule has 9 nitrogen and oxygen atoms in total. The van der Waals surface area contributed by atoms with Gasteiger partial charge in [-0.3, -0.25) is 4.79 Å². The number of imidazole rings is 1. The van der Waals surface area contributed by atoms with Crippen LogP contribution in [0.4, 0.5) is 0 Å². The van der Waals surface area contributed by atoms with Gasteiger partial charge in [-0.05, 0) is 24.3 Å². The van der Waals surface area contributed by atoms with Crippen LogP contribution in [-0.4, -0.2) is 55.3 Å². The molecule has 0 radical (unpaired) electrons. The molecule has 2 N–H and O–H groups in total. The number of fused-ring (bicyclic) bond motifs is 3. The summed E-state index contributed by atoms with van der Waals surface area (Å²) in [5.74, 6) is 2.57. The molecule has 1 aliphatic heterocycles. The number of para-hydroxylation sites is 1. The fourth-order valence-electron chi connectivity index (χ4n) is 4.65. The van der Waals surface area contributed by atoms with Gasteiger partial charge in [0.15, 0.2) is 28.8 Å². The van der Waals surface area contributed by atoms with E-state index in [4.69, 9.17) is 28.7 Å². The van der Waals surface area contributed by atoms with Crippen LogP contribution in [0.25, 0.3) is 33.6 Å². The van der Waals surface area contributed by atoms with E-state index in [9.17, 15) is 4.79 Å². The Kier molecular flexibility index (Phi) is 5.88. The van der Waals surface area contributed by atoms with Gasteiger partial charge in [-0.2, -0.15) is 0 Å². The van der Waals surface area contributed by atoms with Crippen molar-refractivity contribution < 1.29 is 28.5 Å². The van der Waals surface area contributed by atoms with Gasteiger partial charge in [0.1, 0.15) is 19.0 Å². The number of rotatable bonds is 7. The largest absolute Gasteiger partial charge is 0.493 e. The van der Waals surface area contributed by atoms with Crippen LogP contribution in [0, 0.1) is 0 Å². The molecule has 38 heavy (non-hydrogen) atoms. The first-order valence-electron chi connectivity index (χ1n) is 12.0. The number of H-pyrrole nitrogens is 2. The summed E-state index contributed by atoms with van der Waals surface area (Å²) in [5, 5.41) is 0.982. The van der Waals surface area contributed by atoms with Crippen LogP contribution in [0.1, 0.15) is 21.7 Å². The number of benzene rings is 3. The number of nitrogens with one attached hydrogen (secondary N) is 2. The van der Waals surface area contributed by atoms with E-state index in [1.165, 1.54) is 21.3 Å². The number of carbonyl (C=O) groups excluding carboxylic acids is 1. The van der Waals surface area contributed by atoms with Gasteiger partial charge in [0, 0.05) is 40.4 Å². The number of ether oxygens (including phenoxy) is 5. The highest BCUT2D eigenvalue weighted by atomic mass is 16.6. The summed E-state index contributed by atoms with van der Waals surface area (Å²) in [7, 11) is 4.55. The number of aromatic amines is 2. The van der Waals surface area contributed by atoms with E-state index < -0.39 is 0 Å². The maximum absolute atomic E-state index is 14.1. The second kappa shape index (κ2) is 9.51. The molecule has 0 saturated carbocycles. The van der Waals surface area contributed by atoms with Gasteiger partial charge < -0.3 is 33.7 Å². The molecule has 5 aromatic rings. The first-order valence-corrected chi connectivity index (χ1v) is 12.0. The SMILES string of the molecule is COc1cc(C(=O)C(=Cc2c[nH]c3ccccc23)c2nc3cc4c(cc3[nH]2)OCCO4)cc(OC)c1OC. The monoisotopic (exact) mass is 511 g/mol. The van der Waals surface area contributed by atoms with E-state index >= 15 is 0 Å². The van der Waals surface area contributed by atoms with E-state index in [0.29, 0.717) is 64.4 Å². The number of hydrogen-bond acceptors (Lipinski definition) is 7. The molecule has 0 aliphatic carbocycles. The molecule has 3 aromatic carbocycles. The van der Waals surface area contributed by atoms with Crippen LogP contribution in [0.2, 0.25) is 0 Å². The summed E-state index contributed by atoms with van der Waals surface area (Å²) < 4.78 is 27.9. The zero-order chi connectivity index (χ0) is 26.2. The zero-order valence-corrected chi connectivity index (χ0v) is 21.1. The Labute approximate surface area is 218 Å². The zero-order valence-electron chi connectivity index (χ0n) is 21.1. The van der Waals surface area contributed by atoms with Gasteiger partial charge in [0.05, 0.1) is 37.9 Å². The molecular weight excluding hydrogens is 486 g/mol. The minimum absolute atomic E-state index is 0.272. The van der Waals surface area contributed by atoms with Crippen molar-refractivity contribution >= 4 is 39.4 Å². The summed E-state index contributed by atoms with van der Waals surface area (Å²) in [6, 6.07) is 14.8. The highest BCUT2D eigenvalue weighted by Gasteiger charge is 2.24. The van der Waals surface area contributed by atoms with Crippen molar-refractivity contribution in [1.29, 1.82) is 0 Å². The average Bonchev–Trinajstić information content (AvgIpc) is 3.56. The Morgan fingerprint density at radius 2 is 1.63 bits per heavy atom. The van der Waals surface area contributed by atoms with E-state index in [2.05, 4.69) is 9.97 Å². The number of nitrogens with zero attached hydrogens (tertiary/aromatic N) is 1. The van der Waals surface area contributed by atoms with Crippen LogP contribution in [0.3, 0.4) is 0 Å². The molecule has 0 unspecified atom stereocenters. The average molecular weight is 512 g/mol. The molecule has 0 saturated heterocycles. The van der Waals surface area contributed by atoms with Gasteiger partial charge in [-0.1, -0.05) is 18.2 Å². The minimum Gasteiger partial charge on any atom is -0.493 e. The minimum atomic E-state index is -0.272. The third kappa shape index (κ3) is 3.98. The number of carbonyl (C=O) groups is 1. The quantitative estimate of drug-likeness (QED) is 0.227. The Balaban J connectivity index is 1.53. The van der Waals surface area contributed by atoms with Gasteiger partial charge in [0.25, 0.3) is 0 Å². The van der Waals surface area contributed by atoms with E-state index in [1.807, 2.05) is 48.7 Å². The Hall–Kier alpha value is -4.92. The normalized spacial score (nSPS) is 13.1. The van der Waals surface area contributed by atoms with Crippen molar-refractivity contribution in [3.63, 3.8) is 0 Å². The summed E-state index contributed by atoms with van der Waals surface area (Å²) >= 11 is 0. The van der Waals surface area contributed by atoms with Gasteiger partial charge in [0.2, 0.25) is 5.75 Å². The molecule has 0 atom stereocenters. The van der Waals surface area contributed by atoms with Crippen LogP contribution in [0.5, 0.6) is 28.7 Å². The molecule has 0 spiro atoms. The molecule has 2 aromatic heterocycles. The van der Waals surface area contributed by atoms with E-state index in [1.54, 1.807) is 12.1 Å². The van der Waals surface area contributed by atoms with E-state index in [-0.39, 0.29) is 5.78 Å². The van der Waals surface area contributed by atoms with Crippen LogP contribution >= 0.6 is 0 Å². The number of Topliss-reactive ketones (excluding diaryl/α,β-unsaturated/α-hetero) is 1. The first-order chi connectivity index (χ1) is 18.6. The molecule has 9 heteroatoms. The smallest absolute Gasteiger partial charge is 0.203 e. The van der Waals surface area contributed by atoms with Gasteiger partial charge in [-0.25, -0.2) is 4.98 Å². The summed E-state index contributed by atoms with van der Waals surface area (Å²) in [5.41, 5.74) is 3.92. The number of methoxy groups -OCH3 is 3. The number of aromatic nitrogens is 3. The van der Waals surface area contributed by atoms with Crippen molar-refractivity contribution in [2.24, 2.45) is 0 Å². The Morgan fingerprint density at radius 3 is 2.34 bits per heavy atom. The molecule has 1 aliphatic rings. The molecule has 0 bridgehead atoms. The van der Waals surface area contributed by atoms with Crippen LogP contribution < -0.4 is 23.7 Å². The van der Waals surface area contributed by atoms with Crippen LogP contribution in [0.15, 0.2) is 54.7 Å². The maximum atomic E-state index is 14.1. The first kappa shape index (κ1) is 23.5. The lowest BCUT2D eigenvalue weighted by atomic mass is 9.99. The molecule has 192 valence electrons. The third-order valence-corrected chi connectivity index (χ3v) is 6.49. The van der Waals surface area contributed by atoms with Gasteiger partial charge in [-0.15, -0.1) is 0 Å². The lowest BCUT2D eigenvalue weighted by Gasteiger charge is -2.17. The highest BCUT2D eigenvalue weighted by molar-refractivity contribution is 6.32.